The molecular weight excluding hydrogens is 168 g/mol. The number of hydrogen-bond donors (Lipinski definition) is 0. The first-order valence-corrected chi connectivity index (χ1v) is 4.49. The molecule has 68 valence electrons. The van der Waals surface area contributed by atoms with Crippen LogP contribution in [0.5, 0.6) is 0 Å². The molecule has 1 unspecified atom stereocenters. The minimum atomic E-state index is -0.339. The van der Waals surface area contributed by atoms with Crippen LogP contribution in [0.15, 0.2) is 24.3 Å². The fraction of sp³-hybridized carbons (Fsp3) is 0.500. The lowest BCUT2D eigenvalue weighted by atomic mass is 9.80. The predicted molar refractivity (Wildman–Crippen MR) is 45.0 cm³/mol. The number of allylic oxidation sites excluding steroid dienone is 2. The van der Waals surface area contributed by atoms with Crippen LogP contribution in [0.25, 0.3) is 0 Å². The van der Waals surface area contributed by atoms with Gasteiger partial charge in [-0.2, -0.15) is 0 Å². The molecule has 2 fully saturated rings. The summed E-state index contributed by atoms with van der Waals surface area (Å²) in [6, 6.07) is 0. The van der Waals surface area contributed by atoms with Crippen LogP contribution in [0.1, 0.15) is 12.8 Å². The average Bonchev–Trinajstić information content (AvgIpc) is 1.99. The van der Waals surface area contributed by atoms with E-state index < -0.39 is 0 Å². The van der Waals surface area contributed by atoms with E-state index in [1.54, 1.807) is 12.2 Å². The first kappa shape index (κ1) is 7.47. The fourth-order valence-corrected chi connectivity index (χ4v) is 2.05. The maximum Gasteiger partial charge on any atom is 0.178 e. The first-order valence-electron chi connectivity index (χ1n) is 4.49. The Balaban J connectivity index is 1.77. The highest BCUT2D eigenvalue weighted by Gasteiger charge is 2.58. The zero-order valence-corrected chi connectivity index (χ0v) is 7.16. The number of rotatable bonds is 0. The molecule has 0 bridgehead atoms. The molecule has 0 radical (unpaired) electrons. The van der Waals surface area contributed by atoms with Crippen molar-refractivity contribution in [2.24, 2.45) is 0 Å². The standard InChI is InChI=1S/C10H10O3/c11-8-1-3-9(4-2-8)7-10(13-9)5-6-12-10/h1-4H,5-7H2. The molecule has 2 aliphatic heterocycles. The van der Waals surface area contributed by atoms with Crippen LogP contribution in [-0.4, -0.2) is 23.8 Å². The summed E-state index contributed by atoms with van der Waals surface area (Å²) in [7, 11) is 0. The minimum Gasteiger partial charge on any atom is -0.349 e. The van der Waals surface area contributed by atoms with Crippen LogP contribution in [0.3, 0.4) is 0 Å². The van der Waals surface area contributed by atoms with Gasteiger partial charge in [0.05, 0.1) is 6.61 Å². The molecule has 3 aliphatic rings. The van der Waals surface area contributed by atoms with Gasteiger partial charge in [0.25, 0.3) is 0 Å². The maximum atomic E-state index is 10.9. The summed E-state index contributed by atoms with van der Waals surface area (Å²) in [6.45, 7) is 0.794. The van der Waals surface area contributed by atoms with Gasteiger partial charge >= 0.3 is 0 Å². The zero-order chi connectivity index (χ0) is 8.94. The zero-order valence-electron chi connectivity index (χ0n) is 7.16. The quantitative estimate of drug-likeness (QED) is 0.554. The third-order valence-corrected chi connectivity index (χ3v) is 2.83. The Bertz CT molecular complexity index is 297. The summed E-state index contributed by atoms with van der Waals surface area (Å²) < 4.78 is 11.0. The van der Waals surface area contributed by atoms with Crippen LogP contribution in [-0.2, 0) is 14.3 Å². The lowest BCUT2D eigenvalue weighted by molar-refractivity contribution is -0.408. The van der Waals surface area contributed by atoms with Gasteiger partial charge in [0.15, 0.2) is 11.6 Å². The van der Waals surface area contributed by atoms with E-state index in [4.69, 9.17) is 9.47 Å². The second kappa shape index (κ2) is 2.11. The normalized spacial score (nSPS) is 39.2. The van der Waals surface area contributed by atoms with E-state index in [9.17, 15) is 4.79 Å². The predicted octanol–water partition coefficient (Wildman–Crippen LogP) is 0.957. The van der Waals surface area contributed by atoms with E-state index in [1.807, 2.05) is 12.2 Å². The second-order valence-electron chi connectivity index (χ2n) is 3.81. The van der Waals surface area contributed by atoms with Gasteiger partial charge in [-0.15, -0.1) is 0 Å². The van der Waals surface area contributed by atoms with Gasteiger partial charge in [0, 0.05) is 12.8 Å². The van der Waals surface area contributed by atoms with Crippen molar-refractivity contribution in [3.8, 4) is 0 Å². The van der Waals surface area contributed by atoms with E-state index in [-0.39, 0.29) is 17.2 Å². The van der Waals surface area contributed by atoms with Gasteiger partial charge in [0.2, 0.25) is 0 Å². The summed E-state index contributed by atoms with van der Waals surface area (Å²) in [5.41, 5.74) is -0.339. The van der Waals surface area contributed by atoms with Gasteiger partial charge < -0.3 is 9.47 Å². The largest absolute Gasteiger partial charge is 0.349 e. The summed E-state index contributed by atoms with van der Waals surface area (Å²) >= 11 is 0. The Labute approximate surface area is 76.0 Å². The van der Waals surface area contributed by atoms with Gasteiger partial charge in [-0.1, -0.05) is 0 Å². The highest BCUT2D eigenvalue weighted by Crippen LogP contribution is 2.51. The monoisotopic (exact) mass is 178 g/mol. The van der Waals surface area contributed by atoms with Crippen molar-refractivity contribution in [1.29, 1.82) is 0 Å². The SMILES string of the molecule is O=C1C=CC2(C=C1)CC1(CCO1)O2. The molecule has 0 amide bonds. The molecule has 0 saturated carbocycles. The molecule has 2 heterocycles. The molecule has 13 heavy (non-hydrogen) atoms. The van der Waals surface area contributed by atoms with E-state index in [1.165, 1.54) is 0 Å². The van der Waals surface area contributed by atoms with Crippen LogP contribution >= 0.6 is 0 Å². The fourth-order valence-electron chi connectivity index (χ4n) is 2.05. The third kappa shape index (κ3) is 0.943. The number of carbonyl (C=O) groups is 1. The molecular formula is C10H10O3. The number of hydrogen-bond acceptors (Lipinski definition) is 3. The van der Waals surface area contributed by atoms with Crippen LogP contribution in [0.2, 0.25) is 0 Å². The van der Waals surface area contributed by atoms with Crippen molar-refractivity contribution in [3.63, 3.8) is 0 Å². The highest BCUT2D eigenvalue weighted by molar-refractivity contribution is 6.00. The topological polar surface area (TPSA) is 35.5 Å². The van der Waals surface area contributed by atoms with Crippen molar-refractivity contribution >= 4 is 5.78 Å². The molecule has 3 rings (SSSR count). The number of ketones is 1. The first-order chi connectivity index (χ1) is 6.22. The van der Waals surface area contributed by atoms with E-state index in [0.717, 1.165) is 19.4 Å². The van der Waals surface area contributed by atoms with Gasteiger partial charge in [0.1, 0.15) is 5.60 Å². The Hall–Kier alpha value is -0.930. The van der Waals surface area contributed by atoms with E-state index >= 15 is 0 Å². The smallest absolute Gasteiger partial charge is 0.178 e. The van der Waals surface area contributed by atoms with Crippen molar-refractivity contribution in [2.45, 2.75) is 24.2 Å². The van der Waals surface area contributed by atoms with Gasteiger partial charge in [-0.3, -0.25) is 4.79 Å². The highest BCUT2D eigenvalue weighted by atomic mass is 16.7. The van der Waals surface area contributed by atoms with Crippen molar-refractivity contribution in [3.05, 3.63) is 24.3 Å². The summed E-state index contributed by atoms with van der Waals surface area (Å²) in [6.07, 6.45) is 8.59. The van der Waals surface area contributed by atoms with Gasteiger partial charge in [-0.05, 0) is 24.3 Å². The van der Waals surface area contributed by atoms with Crippen LogP contribution < -0.4 is 0 Å². The van der Waals surface area contributed by atoms with Crippen molar-refractivity contribution < 1.29 is 14.3 Å². The second-order valence-corrected chi connectivity index (χ2v) is 3.81. The Morgan fingerprint density at radius 3 is 2.38 bits per heavy atom. The molecule has 2 saturated heterocycles. The van der Waals surface area contributed by atoms with Crippen LogP contribution in [0, 0.1) is 0 Å². The molecule has 3 nitrogen and oxygen atoms in total. The summed E-state index contributed by atoms with van der Waals surface area (Å²) in [5, 5.41) is 0. The van der Waals surface area contributed by atoms with Gasteiger partial charge in [-0.25, -0.2) is 0 Å². The Morgan fingerprint density at radius 2 is 1.92 bits per heavy atom. The van der Waals surface area contributed by atoms with E-state index in [0.29, 0.717) is 0 Å². The molecule has 1 aliphatic carbocycles. The summed E-state index contributed by atoms with van der Waals surface area (Å²) in [4.78, 5) is 10.9. The lowest BCUT2D eigenvalue weighted by Crippen LogP contribution is -2.64. The molecule has 0 aromatic heterocycles. The van der Waals surface area contributed by atoms with Crippen molar-refractivity contribution in [1.82, 2.24) is 0 Å². The third-order valence-electron chi connectivity index (χ3n) is 2.83. The average molecular weight is 178 g/mol. The van der Waals surface area contributed by atoms with Crippen molar-refractivity contribution in [2.75, 3.05) is 6.61 Å². The van der Waals surface area contributed by atoms with Crippen LogP contribution in [0.4, 0.5) is 0 Å². The Morgan fingerprint density at radius 1 is 1.31 bits per heavy atom. The van der Waals surface area contributed by atoms with E-state index in [2.05, 4.69) is 0 Å². The lowest BCUT2D eigenvalue weighted by Gasteiger charge is -2.58. The number of carbonyl (C=O) groups excluding carboxylic acids is 1. The molecule has 3 heteroatoms. The molecule has 0 aromatic rings. The summed E-state index contributed by atoms with van der Waals surface area (Å²) in [5.74, 6) is -0.278. The maximum absolute atomic E-state index is 10.9. The molecule has 0 N–H and O–H groups in total. The molecule has 0 aromatic carbocycles. The molecule has 1 atom stereocenters. The molecule has 2 spiro atoms. The minimum absolute atomic E-state index is 0.0321. The number of ether oxygens (including phenoxy) is 2. The Kier molecular flexibility index (Phi) is 1.21.